The van der Waals surface area contributed by atoms with Crippen LogP contribution in [0.5, 0.6) is 0 Å². The van der Waals surface area contributed by atoms with Crippen LogP contribution in [0.1, 0.15) is 34.8 Å². The Balaban J connectivity index is 1.75. The number of hydrogen-bond donors (Lipinski definition) is 1. The quantitative estimate of drug-likeness (QED) is 0.632. The summed E-state index contributed by atoms with van der Waals surface area (Å²) in [7, 11) is 0. The molecule has 4 nitrogen and oxygen atoms in total. The molecule has 3 atom stereocenters. The van der Waals surface area contributed by atoms with Gasteiger partial charge in [0.15, 0.2) is 0 Å². The second-order valence-electron chi connectivity index (χ2n) is 8.19. The van der Waals surface area contributed by atoms with Crippen LogP contribution in [0.2, 0.25) is 0 Å². The number of pyridine rings is 1. The third-order valence-electron chi connectivity index (χ3n) is 6.02. The van der Waals surface area contributed by atoms with E-state index in [1.807, 2.05) is 35.8 Å². The van der Waals surface area contributed by atoms with Crippen molar-refractivity contribution in [1.82, 2.24) is 9.29 Å². The van der Waals surface area contributed by atoms with Crippen molar-refractivity contribution in [1.29, 1.82) is 0 Å². The van der Waals surface area contributed by atoms with Crippen LogP contribution in [0, 0.1) is 13.8 Å². The summed E-state index contributed by atoms with van der Waals surface area (Å²) in [6, 6.07) is 20.7. The molecular weight excluding hydrogens is 392 g/mol. The van der Waals surface area contributed by atoms with Gasteiger partial charge in [0.2, 0.25) is 0 Å². The van der Waals surface area contributed by atoms with Crippen molar-refractivity contribution < 1.29 is 4.55 Å². The molecule has 156 valence electrons. The highest BCUT2D eigenvalue weighted by molar-refractivity contribution is 7.88. The minimum Gasteiger partial charge on any atom is -0.598 e. The fourth-order valence-corrected chi connectivity index (χ4v) is 5.34. The molecule has 3 aromatic rings. The van der Waals surface area contributed by atoms with E-state index in [1.165, 1.54) is 16.7 Å². The normalized spacial score (nSPS) is 19.3. The maximum absolute atomic E-state index is 13.1. The monoisotopic (exact) mass is 420 g/mol. The highest BCUT2D eigenvalue weighted by Gasteiger charge is 2.33. The average molecular weight is 421 g/mol. The number of fused-ring (bicyclic) bond motifs is 1. The van der Waals surface area contributed by atoms with E-state index >= 15 is 0 Å². The molecule has 30 heavy (non-hydrogen) atoms. The van der Waals surface area contributed by atoms with Gasteiger partial charge in [-0.05, 0) is 61.4 Å². The van der Waals surface area contributed by atoms with E-state index in [9.17, 15) is 9.35 Å². The zero-order chi connectivity index (χ0) is 21.3. The first-order valence-electron chi connectivity index (χ1n) is 10.4. The molecule has 0 spiro atoms. The summed E-state index contributed by atoms with van der Waals surface area (Å²) in [5, 5.41) is 0. The molecule has 0 fully saturated rings. The van der Waals surface area contributed by atoms with Crippen LogP contribution < -0.4 is 10.3 Å². The van der Waals surface area contributed by atoms with Crippen molar-refractivity contribution >= 4 is 11.4 Å². The predicted octanol–water partition coefficient (Wildman–Crippen LogP) is 4.11. The van der Waals surface area contributed by atoms with Crippen LogP contribution in [0.25, 0.3) is 11.1 Å². The Morgan fingerprint density at radius 3 is 2.50 bits per heavy atom. The largest absolute Gasteiger partial charge is 0.598 e. The highest BCUT2D eigenvalue weighted by atomic mass is 32.2. The molecule has 0 saturated carbocycles. The third kappa shape index (κ3) is 4.24. The zero-order valence-corrected chi connectivity index (χ0v) is 18.5. The molecule has 5 heteroatoms. The molecule has 3 unspecified atom stereocenters. The summed E-state index contributed by atoms with van der Waals surface area (Å²) in [4.78, 5) is 13.1. The van der Waals surface area contributed by atoms with E-state index in [0.29, 0.717) is 6.42 Å². The second-order valence-corrected chi connectivity index (χ2v) is 9.33. The van der Waals surface area contributed by atoms with Gasteiger partial charge < -0.3 is 9.12 Å². The maximum atomic E-state index is 13.1. The Kier molecular flexibility index (Phi) is 6.14. The first kappa shape index (κ1) is 20.9. The Bertz CT molecular complexity index is 1090. The van der Waals surface area contributed by atoms with Gasteiger partial charge in [0.1, 0.15) is 6.26 Å². The average Bonchev–Trinajstić information content (AvgIpc) is 2.73. The molecule has 2 aromatic carbocycles. The van der Waals surface area contributed by atoms with E-state index in [0.717, 1.165) is 29.7 Å². The molecule has 0 amide bonds. The Morgan fingerprint density at radius 2 is 1.77 bits per heavy atom. The summed E-state index contributed by atoms with van der Waals surface area (Å²) in [5.74, 6) is 0. The van der Waals surface area contributed by atoms with Crippen LogP contribution >= 0.6 is 0 Å². The number of nitrogens with one attached hydrogen (secondary N) is 1. The lowest BCUT2D eigenvalue weighted by Gasteiger charge is -2.36. The number of hydrogen-bond acceptors (Lipinski definition) is 3. The van der Waals surface area contributed by atoms with E-state index < -0.39 is 11.4 Å². The number of aromatic nitrogens is 1. The van der Waals surface area contributed by atoms with Gasteiger partial charge in [-0.3, -0.25) is 4.79 Å². The first-order valence-corrected chi connectivity index (χ1v) is 12.0. The van der Waals surface area contributed by atoms with Gasteiger partial charge in [0, 0.05) is 22.6 Å². The minimum absolute atomic E-state index is 0.0115. The molecule has 0 radical (unpaired) electrons. The van der Waals surface area contributed by atoms with Crippen LogP contribution in [-0.2, 0) is 24.2 Å². The van der Waals surface area contributed by atoms with Gasteiger partial charge in [0.25, 0.3) is 5.56 Å². The molecule has 1 aliphatic heterocycles. The number of rotatable bonds is 5. The lowest BCUT2D eigenvalue weighted by Crippen LogP contribution is -2.48. The molecule has 1 aromatic heterocycles. The highest BCUT2D eigenvalue weighted by Crippen LogP contribution is 2.30. The topological polar surface area (TPSA) is 57.1 Å². The van der Waals surface area contributed by atoms with Gasteiger partial charge in [-0.25, -0.2) is 0 Å². The Morgan fingerprint density at radius 1 is 1.03 bits per heavy atom. The number of benzene rings is 2. The van der Waals surface area contributed by atoms with Gasteiger partial charge in [-0.2, -0.15) is 0 Å². The third-order valence-corrected chi connectivity index (χ3v) is 6.65. The minimum atomic E-state index is -1.14. The Labute approximate surface area is 181 Å². The van der Waals surface area contributed by atoms with Crippen LogP contribution in [0.4, 0.5) is 0 Å². The molecular formula is C25H28N2O2S. The SMILES string of the molecule is Cc1cc(C)c(=O)n2c1CCC(N[S+](C)[O-])C2Cc1cccc(-c2ccccc2)c1. The van der Waals surface area contributed by atoms with Crippen molar-refractivity contribution in [2.75, 3.05) is 6.26 Å². The molecule has 0 bridgehead atoms. The van der Waals surface area contributed by atoms with E-state index in [-0.39, 0.29) is 17.6 Å². The smallest absolute Gasteiger partial charge is 0.253 e. The van der Waals surface area contributed by atoms with Crippen molar-refractivity contribution in [3.63, 3.8) is 0 Å². The predicted molar refractivity (Wildman–Crippen MR) is 124 cm³/mol. The van der Waals surface area contributed by atoms with E-state index in [4.69, 9.17) is 0 Å². The molecule has 1 N–H and O–H groups in total. The van der Waals surface area contributed by atoms with Crippen LogP contribution in [0.15, 0.2) is 65.5 Å². The standard InChI is InChI=1S/C25H28N2O2S/c1-17-14-18(2)25(28)27-23(17)13-12-22(26-30(3)29)24(27)16-19-8-7-11-21(15-19)20-9-5-4-6-10-20/h4-11,14-15,22,24,26H,12-13,16H2,1-3H3. The molecule has 0 saturated heterocycles. The lowest BCUT2D eigenvalue weighted by molar-refractivity contribution is 0.313. The summed E-state index contributed by atoms with van der Waals surface area (Å²) < 4.78 is 17.2. The van der Waals surface area contributed by atoms with Gasteiger partial charge in [-0.1, -0.05) is 54.6 Å². The molecule has 0 aliphatic carbocycles. The van der Waals surface area contributed by atoms with Gasteiger partial charge >= 0.3 is 0 Å². The fraction of sp³-hybridized carbons (Fsp3) is 0.320. The second kappa shape index (κ2) is 8.80. The summed E-state index contributed by atoms with van der Waals surface area (Å²) in [5.41, 5.74) is 6.61. The molecule has 4 rings (SSSR count). The molecule has 1 aliphatic rings. The summed E-state index contributed by atoms with van der Waals surface area (Å²) >= 11 is -1.14. The van der Waals surface area contributed by atoms with Gasteiger partial charge in [0.05, 0.1) is 12.1 Å². The maximum Gasteiger partial charge on any atom is 0.253 e. The van der Waals surface area contributed by atoms with E-state index in [2.05, 4.69) is 48.0 Å². The Hall–Kier alpha value is -2.34. The van der Waals surface area contributed by atoms with Crippen molar-refractivity contribution in [3.8, 4) is 11.1 Å². The van der Waals surface area contributed by atoms with Crippen molar-refractivity contribution in [3.05, 3.63) is 93.4 Å². The van der Waals surface area contributed by atoms with Crippen LogP contribution in [0.3, 0.4) is 0 Å². The summed E-state index contributed by atoms with van der Waals surface area (Å²) in [6.45, 7) is 3.96. The molecule has 2 heterocycles. The number of aryl methyl sites for hydroxylation is 2. The fourth-order valence-electron chi connectivity index (χ4n) is 4.64. The lowest BCUT2D eigenvalue weighted by atomic mass is 9.89. The summed E-state index contributed by atoms with van der Waals surface area (Å²) in [6.07, 6.45) is 4.06. The number of nitrogens with zero attached hydrogens (tertiary/aromatic N) is 1. The van der Waals surface area contributed by atoms with E-state index in [1.54, 1.807) is 6.26 Å². The van der Waals surface area contributed by atoms with Gasteiger partial charge in [-0.15, -0.1) is 4.72 Å². The first-order chi connectivity index (χ1) is 14.4. The van der Waals surface area contributed by atoms with Crippen molar-refractivity contribution in [2.45, 2.75) is 45.2 Å². The zero-order valence-electron chi connectivity index (χ0n) is 17.7. The van der Waals surface area contributed by atoms with Crippen molar-refractivity contribution in [2.24, 2.45) is 0 Å². The van der Waals surface area contributed by atoms with Crippen LogP contribution in [-0.4, -0.2) is 21.4 Å².